The van der Waals surface area contributed by atoms with Gasteiger partial charge in [-0.05, 0) is 13.8 Å². The molecule has 2 unspecified atom stereocenters. The summed E-state index contributed by atoms with van der Waals surface area (Å²) in [4.78, 5) is 8.03. The Morgan fingerprint density at radius 1 is 1.32 bits per heavy atom. The van der Waals surface area contributed by atoms with Crippen molar-refractivity contribution in [2.45, 2.75) is 58.8 Å². The number of aliphatic hydroxyl groups excluding tert-OH is 1. The normalized spacial score (nSPS) is 24.8. The van der Waals surface area contributed by atoms with E-state index in [1.165, 1.54) is 0 Å². The van der Waals surface area contributed by atoms with Crippen molar-refractivity contribution in [1.29, 1.82) is 0 Å². The summed E-state index contributed by atoms with van der Waals surface area (Å²) in [6, 6.07) is 0. The maximum Gasteiger partial charge on any atom is 0.186 e. The average molecular weight is 284 g/mol. The van der Waals surface area contributed by atoms with Gasteiger partial charge < -0.3 is 14.7 Å². The highest BCUT2D eigenvalue weighted by molar-refractivity contribution is 7.15. The van der Waals surface area contributed by atoms with E-state index in [4.69, 9.17) is 9.72 Å². The van der Waals surface area contributed by atoms with E-state index in [1.807, 2.05) is 0 Å². The molecule has 0 amide bonds. The van der Waals surface area contributed by atoms with E-state index in [2.05, 4.69) is 39.5 Å². The van der Waals surface area contributed by atoms with E-state index in [0.717, 1.165) is 28.8 Å². The van der Waals surface area contributed by atoms with Crippen molar-refractivity contribution in [3.05, 3.63) is 10.6 Å². The number of rotatable bonds is 2. The fourth-order valence-electron chi connectivity index (χ4n) is 2.50. The van der Waals surface area contributed by atoms with E-state index in [9.17, 15) is 5.11 Å². The highest BCUT2D eigenvalue weighted by Gasteiger charge is 2.28. The molecule has 1 aromatic rings. The van der Waals surface area contributed by atoms with Crippen molar-refractivity contribution in [2.75, 3.05) is 18.0 Å². The zero-order chi connectivity index (χ0) is 14.2. The summed E-state index contributed by atoms with van der Waals surface area (Å²) in [7, 11) is 0. The lowest BCUT2D eigenvalue weighted by Crippen LogP contribution is -2.45. The summed E-state index contributed by atoms with van der Waals surface area (Å²) in [5.41, 5.74) is 0.984. The molecule has 5 heteroatoms. The van der Waals surface area contributed by atoms with Crippen LogP contribution in [0.25, 0.3) is 0 Å². The third-order valence-electron chi connectivity index (χ3n) is 3.23. The Balaban J connectivity index is 2.28. The monoisotopic (exact) mass is 284 g/mol. The van der Waals surface area contributed by atoms with Gasteiger partial charge in [0.05, 0.1) is 29.4 Å². The quantitative estimate of drug-likeness (QED) is 0.906. The van der Waals surface area contributed by atoms with Crippen LogP contribution >= 0.6 is 11.3 Å². The Hall–Kier alpha value is -0.650. The molecule has 4 nitrogen and oxygen atoms in total. The predicted octanol–water partition coefficient (Wildman–Crippen LogP) is 2.55. The Labute approximate surface area is 119 Å². The van der Waals surface area contributed by atoms with Crippen LogP contribution in [-0.2, 0) is 16.8 Å². The number of aliphatic hydroxyl groups is 1. The molecule has 1 saturated heterocycles. The minimum atomic E-state index is -0.0314. The largest absolute Gasteiger partial charge is 0.391 e. The molecule has 2 heterocycles. The van der Waals surface area contributed by atoms with Crippen molar-refractivity contribution in [3.8, 4) is 0 Å². The summed E-state index contributed by atoms with van der Waals surface area (Å²) in [6.45, 7) is 12.4. The molecule has 2 rings (SSSR count). The van der Waals surface area contributed by atoms with E-state index >= 15 is 0 Å². The van der Waals surface area contributed by atoms with E-state index in [0.29, 0.717) is 0 Å². The fourth-order valence-corrected chi connectivity index (χ4v) is 3.65. The molecule has 1 fully saturated rings. The van der Waals surface area contributed by atoms with Crippen molar-refractivity contribution in [3.63, 3.8) is 0 Å². The van der Waals surface area contributed by atoms with Gasteiger partial charge in [0.15, 0.2) is 5.13 Å². The molecule has 108 valence electrons. The topological polar surface area (TPSA) is 45.6 Å². The Kier molecular flexibility index (Phi) is 4.18. The van der Waals surface area contributed by atoms with E-state index in [-0.39, 0.29) is 24.2 Å². The van der Waals surface area contributed by atoms with Crippen LogP contribution in [-0.4, -0.2) is 35.4 Å². The first-order chi connectivity index (χ1) is 8.81. The maximum absolute atomic E-state index is 9.52. The highest BCUT2D eigenvalue weighted by atomic mass is 32.1. The molecule has 0 radical (unpaired) electrons. The second-order valence-corrected chi connectivity index (χ2v) is 7.40. The Morgan fingerprint density at radius 3 is 2.32 bits per heavy atom. The average Bonchev–Trinajstić information content (AvgIpc) is 2.71. The van der Waals surface area contributed by atoms with Crippen LogP contribution in [0.2, 0.25) is 0 Å². The van der Waals surface area contributed by atoms with Gasteiger partial charge in [0.1, 0.15) is 0 Å². The number of nitrogens with zero attached hydrogens (tertiary/aromatic N) is 2. The van der Waals surface area contributed by atoms with E-state index < -0.39 is 0 Å². The molecule has 19 heavy (non-hydrogen) atoms. The van der Waals surface area contributed by atoms with Gasteiger partial charge in [-0.3, -0.25) is 0 Å². The zero-order valence-electron chi connectivity index (χ0n) is 12.4. The van der Waals surface area contributed by atoms with Crippen LogP contribution in [0.4, 0.5) is 5.13 Å². The van der Waals surface area contributed by atoms with Gasteiger partial charge in [-0.2, -0.15) is 0 Å². The van der Waals surface area contributed by atoms with Crippen LogP contribution in [0, 0.1) is 0 Å². The second-order valence-electron chi connectivity index (χ2n) is 6.34. The lowest BCUT2D eigenvalue weighted by atomic mass is 9.91. The molecule has 0 aliphatic carbocycles. The Morgan fingerprint density at radius 2 is 1.89 bits per heavy atom. The third kappa shape index (κ3) is 3.27. The molecule has 1 aliphatic rings. The molecule has 0 saturated carbocycles. The molecule has 1 N–H and O–H groups in total. The van der Waals surface area contributed by atoms with Crippen molar-refractivity contribution >= 4 is 16.5 Å². The van der Waals surface area contributed by atoms with Gasteiger partial charge in [-0.15, -0.1) is 0 Å². The molecular formula is C14H24N2O2S. The van der Waals surface area contributed by atoms with Gasteiger partial charge in [0.25, 0.3) is 0 Å². The smallest absolute Gasteiger partial charge is 0.186 e. The van der Waals surface area contributed by atoms with Crippen molar-refractivity contribution < 1.29 is 9.84 Å². The van der Waals surface area contributed by atoms with Gasteiger partial charge >= 0.3 is 0 Å². The molecule has 1 aliphatic heterocycles. The summed E-state index contributed by atoms with van der Waals surface area (Å²) in [6.07, 6.45) is 0.451. The second kappa shape index (κ2) is 5.38. The van der Waals surface area contributed by atoms with Crippen LogP contribution in [0.5, 0.6) is 0 Å². The van der Waals surface area contributed by atoms with Gasteiger partial charge in [-0.1, -0.05) is 32.1 Å². The first-order valence-electron chi connectivity index (χ1n) is 6.82. The summed E-state index contributed by atoms with van der Waals surface area (Å²) >= 11 is 1.61. The van der Waals surface area contributed by atoms with Crippen LogP contribution in [0.3, 0.4) is 0 Å². The Bertz CT molecular complexity index is 429. The first-order valence-corrected chi connectivity index (χ1v) is 7.64. The lowest BCUT2D eigenvalue weighted by molar-refractivity contribution is -0.00523. The number of thiazole rings is 1. The van der Waals surface area contributed by atoms with Gasteiger partial charge in [0.2, 0.25) is 0 Å². The number of morpholine rings is 1. The predicted molar refractivity (Wildman–Crippen MR) is 79.0 cm³/mol. The molecule has 0 bridgehead atoms. The first kappa shape index (κ1) is 14.8. The summed E-state index contributed by atoms with van der Waals surface area (Å²) in [5.74, 6) is 0. The summed E-state index contributed by atoms with van der Waals surface area (Å²) in [5, 5.41) is 10.5. The number of ether oxygens (including phenoxy) is 1. The van der Waals surface area contributed by atoms with Crippen LogP contribution < -0.4 is 4.90 Å². The van der Waals surface area contributed by atoms with Gasteiger partial charge in [0, 0.05) is 18.5 Å². The molecular weight excluding hydrogens is 260 g/mol. The standard InChI is InChI=1S/C14H24N2O2S/c1-9-6-16(7-10(2)18-9)13-15-12(14(3,4)5)11(8-17)19-13/h9-10,17H,6-8H2,1-5H3. The fraction of sp³-hybridized carbons (Fsp3) is 0.786. The number of aromatic nitrogens is 1. The third-order valence-corrected chi connectivity index (χ3v) is 4.33. The minimum absolute atomic E-state index is 0.0314. The van der Waals surface area contributed by atoms with Crippen LogP contribution in [0.15, 0.2) is 0 Å². The summed E-state index contributed by atoms with van der Waals surface area (Å²) < 4.78 is 5.75. The molecule has 0 aromatic carbocycles. The number of anilines is 1. The highest BCUT2D eigenvalue weighted by Crippen LogP contribution is 2.34. The SMILES string of the molecule is CC1CN(c2nc(C(C)(C)C)c(CO)s2)CC(C)O1. The minimum Gasteiger partial charge on any atom is -0.391 e. The maximum atomic E-state index is 9.52. The number of hydrogen-bond donors (Lipinski definition) is 1. The molecule has 1 aromatic heterocycles. The van der Waals surface area contributed by atoms with Crippen molar-refractivity contribution in [1.82, 2.24) is 4.98 Å². The number of hydrogen-bond acceptors (Lipinski definition) is 5. The van der Waals surface area contributed by atoms with Gasteiger partial charge in [-0.25, -0.2) is 4.98 Å². The lowest BCUT2D eigenvalue weighted by Gasteiger charge is -2.35. The zero-order valence-corrected chi connectivity index (χ0v) is 13.3. The molecule has 0 spiro atoms. The van der Waals surface area contributed by atoms with E-state index in [1.54, 1.807) is 11.3 Å². The molecule has 2 atom stereocenters. The van der Waals surface area contributed by atoms with Crippen LogP contribution in [0.1, 0.15) is 45.2 Å². The van der Waals surface area contributed by atoms with Crippen molar-refractivity contribution in [2.24, 2.45) is 0 Å².